The molecule has 2 aromatic rings. The Kier molecular flexibility index (Phi) is 4.47. The minimum Gasteiger partial charge on any atom is -0.396 e. The van der Waals surface area contributed by atoms with Gasteiger partial charge in [0.05, 0.1) is 6.04 Å². The molecule has 0 radical (unpaired) electrons. The number of aliphatic hydroxyl groups excluding tert-OH is 1. The Morgan fingerprint density at radius 3 is 2.87 bits per heavy atom. The van der Waals surface area contributed by atoms with Gasteiger partial charge in [-0.05, 0) is 24.6 Å². The highest BCUT2D eigenvalue weighted by molar-refractivity contribution is 5.92. The first-order valence-corrected chi connectivity index (χ1v) is 7.52. The van der Waals surface area contributed by atoms with Crippen LogP contribution in [0.4, 0.5) is 5.82 Å². The van der Waals surface area contributed by atoms with Crippen LogP contribution in [-0.4, -0.2) is 51.7 Å². The summed E-state index contributed by atoms with van der Waals surface area (Å²) in [6, 6.07) is 5.23. The van der Waals surface area contributed by atoms with Gasteiger partial charge in [0.1, 0.15) is 17.8 Å². The number of rotatable bonds is 4. The SMILES string of the molecule is Cc1ccc(C(=O)N[C@@H]2CN(c3ccncn3)C[C@H]2CO)nc1. The molecular formula is C16H19N5O2. The molecule has 120 valence electrons. The Hall–Kier alpha value is -2.54. The number of nitrogens with one attached hydrogen (secondary N) is 1. The van der Waals surface area contributed by atoms with E-state index >= 15 is 0 Å². The molecular weight excluding hydrogens is 294 g/mol. The number of amides is 1. The van der Waals surface area contributed by atoms with Gasteiger partial charge in [-0.3, -0.25) is 9.78 Å². The van der Waals surface area contributed by atoms with E-state index in [1.807, 2.05) is 24.0 Å². The molecule has 2 aromatic heterocycles. The Labute approximate surface area is 134 Å². The molecule has 2 atom stereocenters. The van der Waals surface area contributed by atoms with Crippen LogP contribution in [0, 0.1) is 12.8 Å². The molecule has 1 saturated heterocycles. The van der Waals surface area contributed by atoms with Crippen molar-refractivity contribution in [1.29, 1.82) is 0 Å². The first kappa shape index (κ1) is 15.4. The van der Waals surface area contributed by atoms with E-state index in [-0.39, 0.29) is 24.5 Å². The van der Waals surface area contributed by atoms with Crippen LogP contribution in [0.5, 0.6) is 0 Å². The summed E-state index contributed by atoms with van der Waals surface area (Å²) >= 11 is 0. The zero-order valence-corrected chi connectivity index (χ0v) is 12.9. The molecule has 1 aliphatic heterocycles. The number of carbonyl (C=O) groups is 1. The summed E-state index contributed by atoms with van der Waals surface area (Å²) in [6.45, 7) is 3.17. The average Bonchev–Trinajstić information content (AvgIpc) is 2.99. The van der Waals surface area contributed by atoms with Crippen molar-refractivity contribution in [3.8, 4) is 0 Å². The minimum absolute atomic E-state index is 0.00779. The number of aromatic nitrogens is 3. The van der Waals surface area contributed by atoms with Crippen LogP contribution in [0.25, 0.3) is 0 Å². The van der Waals surface area contributed by atoms with Gasteiger partial charge in [0.25, 0.3) is 5.91 Å². The van der Waals surface area contributed by atoms with Gasteiger partial charge in [-0.1, -0.05) is 6.07 Å². The number of hydrogen-bond donors (Lipinski definition) is 2. The van der Waals surface area contributed by atoms with Crippen LogP contribution < -0.4 is 10.2 Å². The van der Waals surface area contributed by atoms with Crippen molar-refractivity contribution < 1.29 is 9.90 Å². The van der Waals surface area contributed by atoms with E-state index < -0.39 is 0 Å². The molecule has 0 bridgehead atoms. The summed E-state index contributed by atoms with van der Waals surface area (Å²) in [6.07, 6.45) is 4.84. The van der Waals surface area contributed by atoms with Gasteiger partial charge < -0.3 is 15.3 Å². The molecule has 1 aliphatic rings. The summed E-state index contributed by atoms with van der Waals surface area (Å²) < 4.78 is 0. The maximum Gasteiger partial charge on any atom is 0.270 e. The molecule has 1 fully saturated rings. The van der Waals surface area contributed by atoms with Gasteiger partial charge >= 0.3 is 0 Å². The van der Waals surface area contributed by atoms with E-state index in [1.165, 1.54) is 6.33 Å². The third-order valence-corrected chi connectivity index (χ3v) is 4.03. The fourth-order valence-corrected chi connectivity index (χ4v) is 2.72. The maximum absolute atomic E-state index is 12.3. The fraction of sp³-hybridized carbons (Fsp3) is 0.375. The van der Waals surface area contributed by atoms with Crippen molar-refractivity contribution in [2.75, 3.05) is 24.6 Å². The van der Waals surface area contributed by atoms with Crippen molar-refractivity contribution >= 4 is 11.7 Å². The third kappa shape index (κ3) is 3.45. The number of pyridine rings is 1. The molecule has 1 amide bonds. The molecule has 0 spiro atoms. The van der Waals surface area contributed by atoms with E-state index in [1.54, 1.807) is 18.5 Å². The number of aryl methyl sites for hydroxylation is 1. The Bertz CT molecular complexity index is 662. The number of aliphatic hydroxyl groups is 1. The molecule has 7 heteroatoms. The Morgan fingerprint density at radius 2 is 2.22 bits per heavy atom. The molecule has 3 rings (SSSR count). The first-order valence-electron chi connectivity index (χ1n) is 7.52. The number of anilines is 1. The van der Waals surface area contributed by atoms with Crippen LogP contribution in [-0.2, 0) is 0 Å². The molecule has 23 heavy (non-hydrogen) atoms. The minimum atomic E-state index is -0.224. The summed E-state index contributed by atoms with van der Waals surface area (Å²) in [4.78, 5) is 26.6. The molecule has 7 nitrogen and oxygen atoms in total. The summed E-state index contributed by atoms with van der Waals surface area (Å²) in [5.74, 6) is 0.529. The number of hydrogen-bond acceptors (Lipinski definition) is 6. The van der Waals surface area contributed by atoms with Gasteiger partial charge in [-0.25, -0.2) is 9.97 Å². The molecule has 0 aliphatic carbocycles. The standard InChI is InChI=1S/C16H19N5O2/c1-11-2-3-13(18-6-11)16(23)20-14-8-21(7-12(14)9-22)15-4-5-17-10-19-15/h2-6,10,12,14,22H,7-9H2,1H3,(H,20,23)/t12-,14+/m0/s1. The van der Waals surface area contributed by atoms with Crippen molar-refractivity contribution in [3.05, 3.63) is 48.2 Å². The van der Waals surface area contributed by atoms with Crippen LogP contribution in [0.3, 0.4) is 0 Å². The summed E-state index contributed by atoms with van der Waals surface area (Å²) in [7, 11) is 0. The van der Waals surface area contributed by atoms with E-state index in [0.29, 0.717) is 18.8 Å². The average molecular weight is 313 g/mol. The van der Waals surface area contributed by atoms with Gasteiger partial charge in [0.2, 0.25) is 0 Å². The zero-order valence-electron chi connectivity index (χ0n) is 12.9. The van der Waals surface area contributed by atoms with E-state index in [4.69, 9.17) is 0 Å². The molecule has 3 heterocycles. The lowest BCUT2D eigenvalue weighted by Gasteiger charge is -2.18. The van der Waals surface area contributed by atoms with Crippen molar-refractivity contribution in [1.82, 2.24) is 20.3 Å². The summed E-state index contributed by atoms with van der Waals surface area (Å²) in [5.41, 5.74) is 1.39. The van der Waals surface area contributed by atoms with Gasteiger partial charge in [-0.15, -0.1) is 0 Å². The maximum atomic E-state index is 12.3. The Balaban J connectivity index is 1.69. The fourth-order valence-electron chi connectivity index (χ4n) is 2.72. The normalized spacial score (nSPS) is 20.5. The quantitative estimate of drug-likeness (QED) is 0.849. The van der Waals surface area contributed by atoms with Crippen LogP contribution in [0.2, 0.25) is 0 Å². The highest BCUT2D eigenvalue weighted by atomic mass is 16.3. The van der Waals surface area contributed by atoms with Gasteiger partial charge in [0.15, 0.2) is 0 Å². The van der Waals surface area contributed by atoms with Gasteiger partial charge in [0, 0.05) is 38.0 Å². The number of nitrogens with zero attached hydrogens (tertiary/aromatic N) is 4. The van der Waals surface area contributed by atoms with Crippen LogP contribution in [0.15, 0.2) is 36.9 Å². The van der Waals surface area contributed by atoms with E-state index in [2.05, 4.69) is 20.3 Å². The smallest absolute Gasteiger partial charge is 0.270 e. The first-order chi connectivity index (χ1) is 11.2. The van der Waals surface area contributed by atoms with E-state index in [0.717, 1.165) is 11.4 Å². The highest BCUT2D eigenvalue weighted by Crippen LogP contribution is 2.22. The number of carbonyl (C=O) groups excluding carboxylic acids is 1. The van der Waals surface area contributed by atoms with Gasteiger partial charge in [-0.2, -0.15) is 0 Å². The largest absolute Gasteiger partial charge is 0.396 e. The lowest BCUT2D eigenvalue weighted by Crippen LogP contribution is -2.41. The van der Waals surface area contributed by atoms with Crippen LogP contribution >= 0.6 is 0 Å². The predicted octanol–water partition coefficient (Wildman–Crippen LogP) is 0.407. The Morgan fingerprint density at radius 1 is 1.35 bits per heavy atom. The molecule has 0 aromatic carbocycles. The van der Waals surface area contributed by atoms with Crippen molar-refractivity contribution in [2.24, 2.45) is 5.92 Å². The topological polar surface area (TPSA) is 91.2 Å². The van der Waals surface area contributed by atoms with Crippen LogP contribution in [0.1, 0.15) is 16.1 Å². The lowest BCUT2D eigenvalue weighted by molar-refractivity contribution is 0.0916. The van der Waals surface area contributed by atoms with Crippen molar-refractivity contribution in [3.63, 3.8) is 0 Å². The second kappa shape index (κ2) is 6.70. The molecule has 0 unspecified atom stereocenters. The highest BCUT2D eigenvalue weighted by Gasteiger charge is 2.34. The zero-order chi connectivity index (χ0) is 16.2. The van der Waals surface area contributed by atoms with Crippen molar-refractivity contribution in [2.45, 2.75) is 13.0 Å². The monoisotopic (exact) mass is 313 g/mol. The second-order valence-electron chi connectivity index (χ2n) is 5.72. The molecule has 2 N–H and O–H groups in total. The molecule has 0 saturated carbocycles. The summed E-state index contributed by atoms with van der Waals surface area (Å²) in [5, 5.41) is 12.6. The van der Waals surface area contributed by atoms with E-state index in [9.17, 15) is 9.90 Å². The lowest BCUT2D eigenvalue weighted by atomic mass is 10.1. The predicted molar refractivity (Wildman–Crippen MR) is 85.0 cm³/mol. The second-order valence-corrected chi connectivity index (χ2v) is 5.72. The third-order valence-electron chi connectivity index (χ3n) is 4.03.